The highest BCUT2D eigenvalue weighted by Gasteiger charge is 2.34. The van der Waals surface area contributed by atoms with Gasteiger partial charge in [0.2, 0.25) is 0 Å². The lowest BCUT2D eigenvalue weighted by atomic mass is 9.72. The Balaban J connectivity index is 1.71. The first-order valence-corrected chi connectivity index (χ1v) is 12.8. The molecule has 2 N–H and O–H groups in total. The molecule has 1 unspecified atom stereocenters. The second-order valence-corrected chi connectivity index (χ2v) is 11.7. The summed E-state index contributed by atoms with van der Waals surface area (Å²) in [5.41, 5.74) is 4.21. The topological polar surface area (TPSA) is 58.2 Å². The van der Waals surface area contributed by atoms with Crippen LogP contribution in [0.25, 0.3) is 0 Å². The second kappa shape index (κ2) is 9.43. The average Bonchev–Trinajstić information content (AvgIpc) is 3.12. The molecule has 0 bridgehead atoms. The van der Waals surface area contributed by atoms with Gasteiger partial charge in [-0.15, -0.1) is 11.3 Å². The van der Waals surface area contributed by atoms with Crippen LogP contribution in [-0.2, 0) is 12.8 Å². The van der Waals surface area contributed by atoms with Crippen LogP contribution in [0.2, 0.25) is 0 Å². The van der Waals surface area contributed by atoms with Crippen molar-refractivity contribution in [3.05, 3.63) is 80.1 Å². The van der Waals surface area contributed by atoms with Crippen LogP contribution >= 0.6 is 27.3 Å². The monoisotopic (exact) mass is 524 g/mol. The molecule has 0 radical (unpaired) electrons. The van der Waals surface area contributed by atoms with E-state index < -0.39 is 0 Å². The van der Waals surface area contributed by atoms with Gasteiger partial charge in [0.15, 0.2) is 0 Å². The maximum atomic E-state index is 13.5. The van der Waals surface area contributed by atoms with E-state index in [1.807, 2.05) is 49.4 Å². The zero-order valence-corrected chi connectivity index (χ0v) is 21.8. The van der Waals surface area contributed by atoms with Crippen LogP contribution in [0, 0.1) is 18.3 Å². The van der Waals surface area contributed by atoms with Gasteiger partial charge in [-0.05, 0) is 82.8 Å². The number of thiophene rings is 1. The summed E-state index contributed by atoms with van der Waals surface area (Å²) in [7, 11) is 0. The molecule has 2 aromatic carbocycles. The highest BCUT2D eigenvalue weighted by molar-refractivity contribution is 9.10. The Kier molecular flexibility index (Phi) is 6.78. The summed E-state index contributed by atoms with van der Waals surface area (Å²) in [4.78, 5) is 27.8. The van der Waals surface area contributed by atoms with Crippen LogP contribution in [0.5, 0.6) is 0 Å². The van der Waals surface area contributed by atoms with Gasteiger partial charge in [-0.25, -0.2) is 0 Å². The summed E-state index contributed by atoms with van der Waals surface area (Å²) in [5.74, 6) is 0.152. The van der Waals surface area contributed by atoms with Gasteiger partial charge in [0.05, 0.1) is 11.1 Å². The highest BCUT2D eigenvalue weighted by atomic mass is 79.9. The summed E-state index contributed by atoms with van der Waals surface area (Å²) in [6, 6.07) is 15.1. The second-order valence-electron chi connectivity index (χ2n) is 9.72. The minimum Gasteiger partial charge on any atom is -0.322 e. The van der Waals surface area contributed by atoms with Crippen LogP contribution in [0.3, 0.4) is 0 Å². The maximum Gasteiger partial charge on any atom is 0.258 e. The molecule has 1 aliphatic rings. The summed E-state index contributed by atoms with van der Waals surface area (Å²) >= 11 is 5.01. The molecule has 0 spiro atoms. The Bertz CT molecular complexity index is 1210. The first-order valence-electron chi connectivity index (χ1n) is 11.2. The van der Waals surface area contributed by atoms with Crippen molar-refractivity contribution in [3.63, 3.8) is 0 Å². The molecule has 0 aliphatic heterocycles. The summed E-state index contributed by atoms with van der Waals surface area (Å²) < 4.78 is 0.725. The normalized spacial score (nSPS) is 15.6. The first kappa shape index (κ1) is 23.7. The lowest BCUT2D eigenvalue weighted by molar-refractivity contribution is 0.102. The van der Waals surface area contributed by atoms with Gasteiger partial charge < -0.3 is 10.6 Å². The van der Waals surface area contributed by atoms with Gasteiger partial charge in [0.25, 0.3) is 11.8 Å². The van der Waals surface area contributed by atoms with Crippen LogP contribution < -0.4 is 10.6 Å². The lowest BCUT2D eigenvalue weighted by Gasteiger charge is -2.33. The molecule has 172 valence electrons. The fraction of sp³-hybridized carbons (Fsp3) is 0.333. The van der Waals surface area contributed by atoms with Gasteiger partial charge in [0.1, 0.15) is 5.00 Å². The number of carbonyl (C=O) groups excluding carboxylic acids is 2. The largest absolute Gasteiger partial charge is 0.322 e. The quantitative estimate of drug-likeness (QED) is 0.371. The molecule has 2 amide bonds. The third kappa shape index (κ3) is 5.07. The Morgan fingerprint density at radius 3 is 2.39 bits per heavy atom. The highest BCUT2D eigenvalue weighted by Crippen LogP contribution is 2.44. The van der Waals surface area contributed by atoms with E-state index in [0.717, 1.165) is 40.5 Å². The molecule has 33 heavy (non-hydrogen) atoms. The molecule has 0 saturated carbocycles. The van der Waals surface area contributed by atoms with E-state index in [0.29, 0.717) is 22.0 Å². The minimum absolute atomic E-state index is 0.168. The van der Waals surface area contributed by atoms with E-state index >= 15 is 0 Å². The Morgan fingerprint density at radius 2 is 1.70 bits per heavy atom. The van der Waals surface area contributed by atoms with Crippen molar-refractivity contribution in [2.75, 3.05) is 10.6 Å². The standard InChI is InChI=1S/C27H29BrN2O2S/c1-16-9-5-8-12-21(16)29-25(32)23-19-14-13-17(27(2,3)4)15-22(19)33-26(23)30-24(31)18-10-6-7-11-20(18)28/h5-12,17H,13-15H2,1-4H3,(H,29,32)(H,30,31). The van der Waals surface area contributed by atoms with Crippen LogP contribution in [0.1, 0.15) is 63.9 Å². The van der Waals surface area contributed by atoms with Crippen molar-refractivity contribution in [1.29, 1.82) is 0 Å². The third-order valence-corrected chi connectivity index (χ3v) is 8.32. The van der Waals surface area contributed by atoms with Crippen LogP contribution in [0.15, 0.2) is 53.0 Å². The van der Waals surface area contributed by atoms with E-state index in [-0.39, 0.29) is 17.2 Å². The third-order valence-electron chi connectivity index (χ3n) is 6.46. The molecule has 1 heterocycles. The van der Waals surface area contributed by atoms with Crippen molar-refractivity contribution < 1.29 is 9.59 Å². The van der Waals surface area contributed by atoms with E-state index in [4.69, 9.17) is 0 Å². The van der Waals surface area contributed by atoms with Crippen molar-refractivity contribution in [2.45, 2.75) is 47.0 Å². The molecule has 1 aliphatic carbocycles. The van der Waals surface area contributed by atoms with E-state index in [9.17, 15) is 9.59 Å². The number of para-hydroxylation sites is 1. The number of anilines is 2. The molecule has 1 aromatic heterocycles. The predicted molar refractivity (Wildman–Crippen MR) is 141 cm³/mol. The fourth-order valence-electron chi connectivity index (χ4n) is 4.37. The number of carbonyl (C=O) groups is 2. The number of hydrogen-bond acceptors (Lipinski definition) is 3. The number of benzene rings is 2. The molecular weight excluding hydrogens is 496 g/mol. The summed E-state index contributed by atoms with van der Waals surface area (Å²) in [5, 5.41) is 6.75. The number of nitrogens with one attached hydrogen (secondary N) is 2. The molecule has 0 fully saturated rings. The van der Waals surface area contributed by atoms with Crippen molar-refractivity contribution in [2.24, 2.45) is 11.3 Å². The predicted octanol–water partition coefficient (Wildman–Crippen LogP) is 7.47. The van der Waals surface area contributed by atoms with Crippen LogP contribution in [-0.4, -0.2) is 11.8 Å². The van der Waals surface area contributed by atoms with Gasteiger partial charge in [-0.2, -0.15) is 0 Å². The Labute approximate surface area is 207 Å². The zero-order chi connectivity index (χ0) is 23.8. The molecule has 4 rings (SSSR count). The molecule has 6 heteroatoms. The Morgan fingerprint density at radius 1 is 1.00 bits per heavy atom. The molecular formula is C27H29BrN2O2S. The van der Waals surface area contributed by atoms with Crippen molar-refractivity contribution in [1.82, 2.24) is 0 Å². The SMILES string of the molecule is Cc1ccccc1NC(=O)c1c(NC(=O)c2ccccc2Br)sc2c1CCC(C(C)(C)C)C2. The lowest BCUT2D eigenvalue weighted by Crippen LogP contribution is -2.27. The zero-order valence-electron chi connectivity index (χ0n) is 19.4. The summed E-state index contributed by atoms with van der Waals surface area (Å²) in [6.45, 7) is 8.80. The van der Waals surface area contributed by atoms with E-state index in [1.54, 1.807) is 17.4 Å². The van der Waals surface area contributed by atoms with E-state index in [2.05, 4.69) is 47.3 Å². The van der Waals surface area contributed by atoms with E-state index in [1.165, 1.54) is 4.88 Å². The molecule has 3 aromatic rings. The molecule has 0 saturated heterocycles. The number of halogens is 1. The number of hydrogen-bond donors (Lipinski definition) is 2. The molecule has 4 nitrogen and oxygen atoms in total. The summed E-state index contributed by atoms with van der Waals surface area (Å²) in [6.07, 6.45) is 2.81. The Hall–Kier alpha value is -2.44. The van der Waals surface area contributed by atoms with Crippen molar-refractivity contribution in [3.8, 4) is 0 Å². The average molecular weight is 526 g/mol. The minimum atomic E-state index is -0.224. The number of rotatable bonds is 4. The van der Waals surface area contributed by atoms with Crippen molar-refractivity contribution >= 4 is 49.8 Å². The maximum absolute atomic E-state index is 13.5. The first-order chi connectivity index (χ1) is 15.6. The van der Waals surface area contributed by atoms with Gasteiger partial charge in [-0.1, -0.05) is 51.1 Å². The fourth-order valence-corrected chi connectivity index (χ4v) is 6.15. The van der Waals surface area contributed by atoms with Gasteiger partial charge in [0, 0.05) is 15.0 Å². The number of amides is 2. The molecule has 1 atom stereocenters. The van der Waals surface area contributed by atoms with Gasteiger partial charge >= 0.3 is 0 Å². The van der Waals surface area contributed by atoms with Gasteiger partial charge in [-0.3, -0.25) is 9.59 Å². The van der Waals surface area contributed by atoms with Crippen LogP contribution in [0.4, 0.5) is 10.7 Å². The number of fused-ring (bicyclic) bond motifs is 1. The smallest absolute Gasteiger partial charge is 0.258 e. The number of aryl methyl sites for hydroxylation is 1.